The van der Waals surface area contributed by atoms with Crippen LogP contribution in [0.2, 0.25) is 0 Å². The molecule has 2 rings (SSSR count). The van der Waals surface area contributed by atoms with Crippen LogP contribution in [0.15, 0.2) is 27.3 Å². The van der Waals surface area contributed by atoms with Crippen LogP contribution in [-0.2, 0) is 0 Å². The molecule has 1 unspecified atom stereocenters. The van der Waals surface area contributed by atoms with Crippen LogP contribution < -0.4 is 5.32 Å². The van der Waals surface area contributed by atoms with Gasteiger partial charge in [0.15, 0.2) is 0 Å². The molecule has 1 N–H and O–H groups in total. The van der Waals surface area contributed by atoms with Gasteiger partial charge in [0.1, 0.15) is 0 Å². The van der Waals surface area contributed by atoms with Gasteiger partial charge in [-0.2, -0.15) is 5.10 Å². The summed E-state index contributed by atoms with van der Waals surface area (Å²) in [5, 5.41) is 7.92. The van der Waals surface area contributed by atoms with Gasteiger partial charge < -0.3 is 5.32 Å². The number of hydrogen-bond donors (Lipinski definition) is 1. The molecule has 5 heteroatoms. The second kappa shape index (κ2) is 6.63. The molecule has 0 aliphatic heterocycles. The third kappa shape index (κ3) is 3.25. The maximum atomic E-state index is 4.49. The molecule has 0 saturated heterocycles. The van der Waals surface area contributed by atoms with E-state index in [1.54, 1.807) is 0 Å². The SMILES string of the molecule is CNC(c1cc(C)c(Br)c(C)c1)c1c(Br)cnn1C(C)C. The first-order chi connectivity index (χ1) is 9.86. The Kier molecular flexibility index (Phi) is 5.28. The van der Waals surface area contributed by atoms with Gasteiger partial charge in [-0.15, -0.1) is 0 Å². The van der Waals surface area contributed by atoms with E-state index in [0.29, 0.717) is 6.04 Å². The third-order valence-electron chi connectivity index (χ3n) is 3.63. The lowest BCUT2D eigenvalue weighted by molar-refractivity contribution is 0.483. The zero-order chi connectivity index (χ0) is 15.7. The van der Waals surface area contributed by atoms with Crippen molar-refractivity contribution in [1.29, 1.82) is 0 Å². The van der Waals surface area contributed by atoms with Crippen molar-refractivity contribution in [2.24, 2.45) is 0 Å². The molecule has 21 heavy (non-hydrogen) atoms. The zero-order valence-electron chi connectivity index (χ0n) is 13.0. The normalized spacial score (nSPS) is 13.0. The summed E-state index contributed by atoms with van der Waals surface area (Å²) >= 11 is 7.28. The summed E-state index contributed by atoms with van der Waals surface area (Å²) in [4.78, 5) is 0. The summed E-state index contributed by atoms with van der Waals surface area (Å²) in [6, 6.07) is 4.87. The van der Waals surface area contributed by atoms with Crippen molar-refractivity contribution in [2.75, 3.05) is 7.05 Å². The average molecular weight is 415 g/mol. The lowest BCUT2D eigenvalue weighted by atomic mass is 9.99. The van der Waals surface area contributed by atoms with Gasteiger partial charge in [-0.3, -0.25) is 4.68 Å². The number of halogens is 2. The molecule has 114 valence electrons. The topological polar surface area (TPSA) is 29.9 Å². The van der Waals surface area contributed by atoms with Crippen LogP contribution >= 0.6 is 31.9 Å². The monoisotopic (exact) mass is 413 g/mol. The molecule has 1 aromatic heterocycles. The highest BCUT2D eigenvalue weighted by molar-refractivity contribution is 9.10. The highest BCUT2D eigenvalue weighted by Gasteiger charge is 2.22. The van der Waals surface area contributed by atoms with Crippen molar-refractivity contribution in [3.05, 3.63) is 49.7 Å². The van der Waals surface area contributed by atoms with Gasteiger partial charge in [0.05, 0.1) is 22.4 Å². The Morgan fingerprint density at radius 1 is 1.14 bits per heavy atom. The fraction of sp³-hybridized carbons (Fsp3) is 0.438. The molecule has 0 fully saturated rings. The number of rotatable bonds is 4. The minimum atomic E-state index is 0.106. The van der Waals surface area contributed by atoms with Gasteiger partial charge in [0, 0.05) is 10.5 Å². The molecule has 1 atom stereocenters. The Hall–Kier alpha value is -0.650. The lowest BCUT2D eigenvalue weighted by Gasteiger charge is -2.22. The van der Waals surface area contributed by atoms with Gasteiger partial charge in [-0.1, -0.05) is 28.1 Å². The summed E-state index contributed by atoms with van der Waals surface area (Å²) in [5.41, 5.74) is 4.90. The molecule has 0 saturated carbocycles. The molecule has 0 spiro atoms. The Morgan fingerprint density at radius 2 is 1.71 bits per heavy atom. The van der Waals surface area contributed by atoms with E-state index in [1.165, 1.54) is 21.2 Å². The van der Waals surface area contributed by atoms with Crippen molar-refractivity contribution in [2.45, 2.75) is 39.8 Å². The van der Waals surface area contributed by atoms with E-state index < -0.39 is 0 Å². The molecule has 3 nitrogen and oxygen atoms in total. The van der Waals surface area contributed by atoms with E-state index in [2.05, 4.69) is 86.8 Å². The van der Waals surface area contributed by atoms with E-state index in [1.807, 2.05) is 13.2 Å². The minimum Gasteiger partial charge on any atom is -0.308 e. The zero-order valence-corrected chi connectivity index (χ0v) is 16.2. The Morgan fingerprint density at radius 3 is 2.19 bits per heavy atom. The maximum absolute atomic E-state index is 4.49. The summed E-state index contributed by atoms with van der Waals surface area (Å²) in [7, 11) is 1.99. The standard InChI is InChI=1S/C16H21Br2N3/c1-9(2)21-16(13(17)8-20-21)15(19-5)12-6-10(3)14(18)11(4)7-12/h6-9,15,19H,1-5H3. The smallest absolute Gasteiger partial charge is 0.0757 e. The highest BCUT2D eigenvalue weighted by atomic mass is 79.9. The number of aromatic nitrogens is 2. The van der Waals surface area contributed by atoms with Gasteiger partial charge in [0.25, 0.3) is 0 Å². The molecule has 1 heterocycles. The van der Waals surface area contributed by atoms with E-state index >= 15 is 0 Å². The van der Waals surface area contributed by atoms with Crippen molar-refractivity contribution >= 4 is 31.9 Å². The largest absolute Gasteiger partial charge is 0.308 e. The van der Waals surface area contributed by atoms with Gasteiger partial charge in [-0.25, -0.2) is 0 Å². The molecule has 2 aromatic rings. The lowest BCUT2D eigenvalue weighted by Crippen LogP contribution is -2.23. The first kappa shape index (κ1) is 16.7. The molecule has 0 aliphatic rings. The van der Waals surface area contributed by atoms with E-state index in [-0.39, 0.29) is 6.04 Å². The quantitative estimate of drug-likeness (QED) is 0.769. The maximum Gasteiger partial charge on any atom is 0.0757 e. The predicted octanol–water partition coefficient (Wildman–Crippen LogP) is 4.91. The molecular formula is C16H21Br2N3. The Bertz CT molecular complexity index is 624. The first-order valence-electron chi connectivity index (χ1n) is 7.03. The fourth-order valence-electron chi connectivity index (χ4n) is 2.64. The second-order valence-electron chi connectivity index (χ2n) is 5.61. The van der Waals surface area contributed by atoms with Crippen molar-refractivity contribution in [1.82, 2.24) is 15.1 Å². The van der Waals surface area contributed by atoms with Crippen LogP contribution in [0.5, 0.6) is 0 Å². The van der Waals surface area contributed by atoms with Crippen LogP contribution in [0.4, 0.5) is 0 Å². The predicted molar refractivity (Wildman–Crippen MR) is 94.8 cm³/mol. The molecule has 0 aliphatic carbocycles. The molecule has 1 aromatic carbocycles. The van der Waals surface area contributed by atoms with Crippen LogP contribution in [0, 0.1) is 13.8 Å². The summed E-state index contributed by atoms with van der Waals surface area (Å²) in [6.45, 7) is 8.55. The second-order valence-corrected chi connectivity index (χ2v) is 7.25. The average Bonchev–Trinajstić information content (AvgIpc) is 2.79. The number of nitrogens with one attached hydrogen (secondary N) is 1. The summed E-state index contributed by atoms with van der Waals surface area (Å²) in [6.07, 6.45) is 1.87. The highest BCUT2D eigenvalue weighted by Crippen LogP contribution is 2.33. The summed E-state index contributed by atoms with van der Waals surface area (Å²) in [5.74, 6) is 0. The third-order valence-corrected chi connectivity index (χ3v) is 5.49. The van der Waals surface area contributed by atoms with E-state index in [0.717, 1.165) is 10.2 Å². The van der Waals surface area contributed by atoms with Crippen LogP contribution in [0.1, 0.15) is 48.3 Å². The fourth-order valence-corrected chi connectivity index (χ4v) is 3.37. The van der Waals surface area contributed by atoms with Gasteiger partial charge in [0.2, 0.25) is 0 Å². The summed E-state index contributed by atoms with van der Waals surface area (Å²) < 4.78 is 4.28. The van der Waals surface area contributed by atoms with Crippen molar-refractivity contribution in [3.63, 3.8) is 0 Å². The minimum absolute atomic E-state index is 0.106. The Balaban J connectivity index is 2.58. The van der Waals surface area contributed by atoms with Crippen LogP contribution in [0.3, 0.4) is 0 Å². The van der Waals surface area contributed by atoms with Crippen molar-refractivity contribution < 1.29 is 0 Å². The first-order valence-corrected chi connectivity index (χ1v) is 8.62. The Labute approximate surface area is 143 Å². The number of aryl methyl sites for hydroxylation is 2. The van der Waals surface area contributed by atoms with E-state index in [4.69, 9.17) is 0 Å². The molecule has 0 radical (unpaired) electrons. The van der Waals surface area contributed by atoms with Crippen LogP contribution in [0.25, 0.3) is 0 Å². The number of benzene rings is 1. The molecular weight excluding hydrogens is 394 g/mol. The number of nitrogens with zero attached hydrogens (tertiary/aromatic N) is 2. The van der Waals surface area contributed by atoms with Gasteiger partial charge >= 0.3 is 0 Å². The molecule has 0 bridgehead atoms. The molecule has 0 amide bonds. The van der Waals surface area contributed by atoms with Crippen LogP contribution in [-0.4, -0.2) is 16.8 Å². The van der Waals surface area contributed by atoms with Gasteiger partial charge in [-0.05, 0) is 67.4 Å². The van der Waals surface area contributed by atoms with Crippen molar-refractivity contribution in [3.8, 4) is 0 Å². The number of hydrogen-bond acceptors (Lipinski definition) is 2. The van der Waals surface area contributed by atoms with E-state index in [9.17, 15) is 0 Å².